The molecule has 17 heavy (non-hydrogen) atoms. The summed E-state index contributed by atoms with van der Waals surface area (Å²) in [6.07, 6.45) is 3.50. The van der Waals surface area contributed by atoms with Gasteiger partial charge in [0.2, 0.25) is 0 Å². The van der Waals surface area contributed by atoms with Crippen molar-refractivity contribution >= 4 is 22.1 Å². The summed E-state index contributed by atoms with van der Waals surface area (Å²) in [6, 6.07) is 5.65. The SMILES string of the molecule is CC(C)(O)CNc1ccc(N)c2ccncc12. The van der Waals surface area contributed by atoms with Crippen LogP contribution in [0.25, 0.3) is 10.8 Å². The number of fused-ring (bicyclic) bond motifs is 1. The number of hydrogen-bond donors (Lipinski definition) is 3. The number of aromatic nitrogens is 1. The molecule has 1 aromatic carbocycles. The average Bonchev–Trinajstić information content (AvgIpc) is 2.27. The molecule has 0 spiro atoms. The van der Waals surface area contributed by atoms with E-state index in [0.717, 1.165) is 22.1 Å². The van der Waals surface area contributed by atoms with Crippen molar-refractivity contribution in [3.8, 4) is 0 Å². The Morgan fingerprint density at radius 2 is 2.06 bits per heavy atom. The second kappa shape index (κ2) is 4.22. The highest BCUT2D eigenvalue weighted by atomic mass is 16.3. The first-order valence-electron chi connectivity index (χ1n) is 5.56. The fourth-order valence-corrected chi connectivity index (χ4v) is 1.68. The van der Waals surface area contributed by atoms with E-state index in [2.05, 4.69) is 10.3 Å². The van der Waals surface area contributed by atoms with E-state index in [4.69, 9.17) is 5.73 Å². The maximum absolute atomic E-state index is 9.70. The Labute approximate surface area is 100 Å². The molecule has 0 fully saturated rings. The van der Waals surface area contributed by atoms with Crippen molar-refractivity contribution in [2.75, 3.05) is 17.6 Å². The van der Waals surface area contributed by atoms with E-state index in [1.165, 1.54) is 0 Å². The summed E-state index contributed by atoms with van der Waals surface area (Å²) in [5, 5.41) is 14.9. The summed E-state index contributed by atoms with van der Waals surface area (Å²) in [5.74, 6) is 0. The molecule has 0 atom stereocenters. The number of nitrogens with zero attached hydrogens (tertiary/aromatic N) is 1. The topological polar surface area (TPSA) is 71.2 Å². The van der Waals surface area contributed by atoms with Gasteiger partial charge in [-0.1, -0.05) is 0 Å². The summed E-state index contributed by atoms with van der Waals surface area (Å²) >= 11 is 0. The van der Waals surface area contributed by atoms with Crippen LogP contribution in [-0.4, -0.2) is 22.2 Å². The lowest BCUT2D eigenvalue weighted by molar-refractivity contribution is 0.0945. The highest BCUT2D eigenvalue weighted by molar-refractivity contribution is 6.00. The monoisotopic (exact) mass is 231 g/mol. The second-order valence-corrected chi connectivity index (χ2v) is 4.79. The lowest BCUT2D eigenvalue weighted by atomic mass is 10.1. The third kappa shape index (κ3) is 2.65. The predicted molar refractivity (Wildman–Crippen MR) is 70.9 cm³/mol. The van der Waals surface area contributed by atoms with Crippen molar-refractivity contribution in [3.05, 3.63) is 30.6 Å². The quantitative estimate of drug-likeness (QED) is 0.706. The number of hydrogen-bond acceptors (Lipinski definition) is 4. The minimum atomic E-state index is -0.754. The molecule has 0 unspecified atom stereocenters. The maximum Gasteiger partial charge on any atom is 0.0763 e. The van der Waals surface area contributed by atoms with Crippen molar-refractivity contribution < 1.29 is 5.11 Å². The van der Waals surface area contributed by atoms with Gasteiger partial charge in [-0.15, -0.1) is 0 Å². The highest BCUT2D eigenvalue weighted by Crippen LogP contribution is 2.27. The molecule has 0 saturated heterocycles. The molecule has 90 valence electrons. The van der Waals surface area contributed by atoms with Crippen LogP contribution in [-0.2, 0) is 0 Å². The summed E-state index contributed by atoms with van der Waals surface area (Å²) < 4.78 is 0. The molecule has 0 radical (unpaired) electrons. The van der Waals surface area contributed by atoms with Gasteiger partial charge >= 0.3 is 0 Å². The van der Waals surface area contributed by atoms with Crippen molar-refractivity contribution in [1.82, 2.24) is 4.98 Å². The molecule has 0 aliphatic carbocycles. The standard InChI is InChI=1S/C13H17N3O/c1-13(2,17)8-16-12-4-3-11(14)9-5-6-15-7-10(9)12/h3-7,16-17H,8,14H2,1-2H3. The van der Waals surface area contributed by atoms with Gasteiger partial charge in [-0.3, -0.25) is 4.98 Å². The fraction of sp³-hybridized carbons (Fsp3) is 0.308. The number of benzene rings is 1. The summed E-state index contributed by atoms with van der Waals surface area (Å²) in [7, 11) is 0. The molecular weight excluding hydrogens is 214 g/mol. The zero-order chi connectivity index (χ0) is 12.5. The van der Waals surface area contributed by atoms with Crippen LogP contribution in [0.3, 0.4) is 0 Å². The average molecular weight is 231 g/mol. The van der Waals surface area contributed by atoms with E-state index in [0.29, 0.717) is 6.54 Å². The molecule has 2 aromatic rings. The van der Waals surface area contributed by atoms with E-state index < -0.39 is 5.60 Å². The highest BCUT2D eigenvalue weighted by Gasteiger charge is 2.12. The number of pyridine rings is 1. The number of nitrogens with one attached hydrogen (secondary N) is 1. The summed E-state index contributed by atoms with van der Waals surface area (Å²) in [6.45, 7) is 4.00. The first-order valence-corrected chi connectivity index (χ1v) is 5.56. The molecule has 4 heteroatoms. The van der Waals surface area contributed by atoms with E-state index in [9.17, 15) is 5.11 Å². The van der Waals surface area contributed by atoms with E-state index in [1.54, 1.807) is 26.2 Å². The van der Waals surface area contributed by atoms with Crippen LogP contribution < -0.4 is 11.1 Å². The summed E-state index contributed by atoms with van der Waals surface area (Å²) in [4.78, 5) is 4.10. The number of anilines is 2. The zero-order valence-electron chi connectivity index (χ0n) is 10.1. The van der Waals surface area contributed by atoms with Crippen LogP contribution in [0.5, 0.6) is 0 Å². The Kier molecular flexibility index (Phi) is 2.90. The minimum Gasteiger partial charge on any atom is -0.398 e. The Hall–Kier alpha value is -1.81. The molecule has 4 N–H and O–H groups in total. The van der Waals surface area contributed by atoms with Gasteiger partial charge in [-0.2, -0.15) is 0 Å². The van der Waals surface area contributed by atoms with Crippen LogP contribution in [0, 0.1) is 0 Å². The van der Waals surface area contributed by atoms with Crippen LogP contribution in [0.15, 0.2) is 30.6 Å². The van der Waals surface area contributed by atoms with Gasteiger partial charge in [0, 0.05) is 41.1 Å². The smallest absolute Gasteiger partial charge is 0.0763 e. The maximum atomic E-state index is 9.70. The van der Waals surface area contributed by atoms with Crippen molar-refractivity contribution in [3.63, 3.8) is 0 Å². The fourth-order valence-electron chi connectivity index (χ4n) is 1.68. The normalized spacial score (nSPS) is 11.7. The minimum absolute atomic E-state index is 0.473. The van der Waals surface area contributed by atoms with Gasteiger partial charge in [0.15, 0.2) is 0 Å². The third-order valence-electron chi connectivity index (χ3n) is 2.56. The first-order chi connectivity index (χ1) is 7.97. The molecule has 0 aliphatic rings. The van der Waals surface area contributed by atoms with Crippen molar-refractivity contribution in [1.29, 1.82) is 0 Å². The molecule has 0 aliphatic heterocycles. The molecule has 0 saturated carbocycles. The van der Waals surface area contributed by atoms with Gasteiger partial charge in [0.1, 0.15) is 0 Å². The number of aliphatic hydroxyl groups is 1. The molecule has 1 aromatic heterocycles. The van der Waals surface area contributed by atoms with Crippen LogP contribution >= 0.6 is 0 Å². The molecule has 2 rings (SSSR count). The molecule has 4 nitrogen and oxygen atoms in total. The van der Waals surface area contributed by atoms with Crippen LogP contribution in [0.1, 0.15) is 13.8 Å². The Morgan fingerprint density at radius 3 is 2.76 bits per heavy atom. The van der Waals surface area contributed by atoms with Gasteiger partial charge in [-0.05, 0) is 32.0 Å². The van der Waals surface area contributed by atoms with E-state index in [-0.39, 0.29) is 0 Å². The lowest BCUT2D eigenvalue weighted by Crippen LogP contribution is -2.29. The van der Waals surface area contributed by atoms with Gasteiger partial charge < -0.3 is 16.2 Å². The third-order valence-corrected chi connectivity index (χ3v) is 2.56. The van der Waals surface area contributed by atoms with Gasteiger partial charge in [0.25, 0.3) is 0 Å². The van der Waals surface area contributed by atoms with E-state index in [1.807, 2.05) is 18.2 Å². The Bertz CT molecular complexity index is 532. The van der Waals surface area contributed by atoms with Crippen molar-refractivity contribution in [2.24, 2.45) is 0 Å². The number of rotatable bonds is 3. The lowest BCUT2D eigenvalue weighted by Gasteiger charge is -2.19. The van der Waals surface area contributed by atoms with Crippen LogP contribution in [0.4, 0.5) is 11.4 Å². The van der Waals surface area contributed by atoms with Gasteiger partial charge in [0.05, 0.1) is 5.60 Å². The van der Waals surface area contributed by atoms with Crippen molar-refractivity contribution in [2.45, 2.75) is 19.4 Å². The molecular formula is C13H17N3O. The zero-order valence-corrected chi connectivity index (χ0v) is 10.1. The molecule has 0 bridgehead atoms. The number of nitrogen functional groups attached to an aromatic ring is 1. The van der Waals surface area contributed by atoms with Gasteiger partial charge in [-0.25, -0.2) is 0 Å². The largest absolute Gasteiger partial charge is 0.398 e. The van der Waals surface area contributed by atoms with Crippen LogP contribution in [0.2, 0.25) is 0 Å². The van der Waals surface area contributed by atoms with E-state index >= 15 is 0 Å². The molecule has 0 amide bonds. The Balaban J connectivity index is 2.38. The summed E-state index contributed by atoms with van der Waals surface area (Å²) in [5.41, 5.74) is 6.82. The predicted octanol–water partition coefficient (Wildman–Crippen LogP) is 2.00. The molecule has 1 heterocycles. The number of nitrogens with two attached hydrogens (primary N) is 1. The Morgan fingerprint density at radius 1 is 1.29 bits per heavy atom. The second-order valence-electron chi connectivity index (χ2n) is 4.79. The first kappa shape index (κ1) is 11.7.